The SMILES string of the molecule is CNCc1cccc(OCc2cc(C#N)ccc2F)c1. The third kappa shape index (κ3) is 3.56. The Bertz CT molecular complexity index is 635. The van der Waals surface area contributed by atoms with Gasteiger partial charge in [-0.15, -0.1) is 0 Å². The van der Waals surface area contributed by atoms with Crippen LogP contribution in [0.4, 0.5) is 4.39 Å². The summed E-state index contributed by atoms with van der Waals surface area (Å²) >= 11 is 0. The molecule has 2 aromatic rings. The molecule has 0 radical (unpaired) electrons. The zero-order chi connectivity index (χ0) is 14.4. The smallest absolute Gasteiger partial charge is 0.129 e. The maximum atomic E-state index is 13.6. The zero-order valence-corrected chi connectivity index (χ0v) is 11.2. The fourth-order valence-corrected chi connectivity index (χ4v) is 1.87. The summed E-state index contributed by atoms with van der Waals surface area (Å²) in [5, 5.41) is 11.9. The van der Waals surface area contributed by atoms with Crippen molar-refractivity contribution in [3.8, 4) is 11.8 Å². The number of hydrogen-bond donors (Lipinski definition) is 1. The standard InChI is InChI=1S/C16H15FN2O/c1-19-10-13-3-2-4-15(8-13)20-11-14-7-12(9-18)5-6-16(14)17/h2-8,19H,10-11H2,1H3. The summed E-state index contributed by atoms with van der Waals surface area (Å²) < 4.78 is 19.2. The molecule has 2 aromatic carbocycles. The predicted molar refractivity (Wildman–Crippen MR) is 74.7 cm³/mol. The van der Waals surface area contributed by atoms with E-state index in [-0.39, 0.29) is 12.4 Å². The Morgan fingerprint density at radius 2 is 2.10 bits per heavy atom. The molecule has 0 heterocycles. The van der Waals surface area contributed by atoms with Gasteiger partial charge in [-0.3, -0.25) is 0 Å². The molecule has 0 aliphatic carbocycles. The average molecular weight is 270 g/mol. The topological polar surface area (TPSA) is 45.0 Å². The van der Waals surface area contributed by atoms with Crippen LogP contribution in [0.1, 0.15) is 16.7 Å². The van der Waals surface area contributed by atoms with Crippen LogP contribution in [0.5, 0.6) is 5.75 Å². The number of nitrogens with one attached hydrogen (secondary N) is 1. The van der Waals surface area contributed by atoms with Gasteiger partial charge in [-0.1, -0.05) is 12.1 Å². The van der Waals surface area contributed by atoms with Gasteiger partial charge in [-0.2, -0.15) is 5.26 Å². The fourth-order valence-electron chi connectivity index (χ4n) is 1.87. The van der Waals surface area contributed by atoms with Gasteiger partial charge in [-0.05, 0) is 42.9 Å². The third-order valence-corrected chi connectivity index (χ3v) is 2.85. The van der Waals surface area contributed by atoms with Gasteiger partial charge < -0.3 is 10.1 Å². The molecule has 0 bridgehead atoms. The van der Waals surface area contributed by atoms with E-state index in [1.54, 1.807) is 0 Å². The van der Waals surface area contributed by atoms with Crippen LogP contribution in [0, 0.1) is 17.1 Å². The molecule has 2 rings (SSSR count). The van der Waals surface area contributed by atoms with Crippen molar-refractivity contribution in [1.29, 1.82) is 5.26 Å². The lowest BCUT2D eigenvalue weighted by atomic mass is 10.1. The van der Waals surface area contributed by atoms with Gasteiger partial charge in [0.25, 0.3) is 0 Å². The minimum absolute atomic E-state index is 0.102. The third-order valence-electron chi connectivity index (χ3n) is 2.85. The van der Waals surface area contributed by atoms with Gasteiger partial charge in [-0.25, -0.2) is 4.39 Å². The predicted octanol–water partition coefficient (Wildman–Crippen LogP) is 3.00. The lowest BCUT2D eigenvalue weighted by Crippen LogP contribution is -2.05. The summed E-state index contributed by atoms with van der Waals surface area (Å²) in [4.78, 5) is 0. The highest BCUT2D eigenvalue weighted by molar-refractivity contribution is 5.34. The van der Waals surface area contributed by atoms with E-state index in [1.165, 1.54) is 18.2 Å². The monoisotopic (exact) mass is 270 g/mol. The van der Waals surface area contributed by atoms with Crippen molar-refractivity contribution in [3.05, 3.63) is 65.0 Å². The molecule has 20 heavy (non-hydrogen) atoms. The largest absolute Gasteiger partial charge is 0.489 e. The second-order valence-electron chi connectivity index (χ2n) is 4.38. The maximum absolute atomic E-state index is 13.6. The Kier molecular flexibility index (Phi) is 4.70. The van der Waals surface area contributed by atoms with Gasteiger partial charge >= 0.3 is 0 Å². The minimum atomic E-state index is -0.365. The van der Waals surface area contributed by atoms with Crippen LogP contribution in [0.15, 0.2) is 42.5 Å². The lowest BCUT2D eigenvalue weighted by Gasteiger charge is -2.09. The van der Waals surface area contributed by atoms with Crippen molar-refractivity contribution in [3.63, 3.8) is 0 Å². The molecule has 4 heteroatoms. The van der Waals surface area contributed by atoms with Gasteiger partial charge in [0.15, 0.2) is 0 Å². The van der Waals surface area contributed by atoms with Gasteiger partial charge in [0.2, 0.25) is 0 Å². The van der Waals surface area contributed by atoms with Crippen LogP contribution in [0.2, 0.25) is 0 Å². The quantitative estimate of drug-likeness (QED) is 0.908. The first-order valence-corrected chi connectivity index (χ1v) is 6.28. The molecule has 0 spiro atoms. The summed E-state index contributed by atoms with van der Waals surface area (Å²) in [5.41, 5.74) is 1.90. The lowest BCUT2D eigenvalue weighted by molar-refractivity contribution is 0.299. The Labute approximate surface area is 117 Å². The minimum Gasteiger partial charge on any atom is -0.489 e. The van der Waals surface area contributed by atoms with Crippen molar-refractivity contribution < 1.29 is 9.13 Å². The molecule has 0 aliphatic rings. The van der Waals surface area contributed by atoms with Crippen LogP contribution in [-0.4, -0.2) is 7.05 Å². The number of benzene rings is 2. The van der Waals surface area contributed by atoms with Crippen molar-refractivity contribution in [2.24, 2.45) is 0 Å². The number of halogens is 1. The van der Waals surface area contributed by atoms with E-state index in [9.17, 15) is 4.39 Å². The zero-order valence-electron chi connectivity index (χ0n) is 11.2. The number of nitriles is 1. The number of nitrogens with zero attached hydrogens (tertiary/aromatic N) is 1. The molecule has 3 nitrogen and oxygen atoms in total. The first kappa shape index (κ1) is 14.0. The Morgan fingerprint density at radius 3 is 2.85 bits per heavy atom. The Hall–Kier alpha value is -2.38. The van der Waals surface area contributed by atoms with E-state index in [0.717, 1.165) is 12.1 Å². The van der Waals surface area contributed by atoms with E-state index in [1.807, 2.05) is 37.4 Å². The van der Waals surface area contributed by atoms with Crippen molar-refractivity contribution in [1.82, 2.24) is 5.32 Å². The summed E-state index contributed by atoms with van der Waals surface area (Å²) in [6, 6.07) is 13.8. The number of rotatable bonds is 5. The van der Waals surface area contributed by atoms with Crippen LogP contribution >= 0.6 is 0 Å². The molecule has 0 atom stereocenters. The van der Waals surface area contributed by atoms with E-state index in [0.29, 0.717) is 16.9 Å². The molecule has 0 unspecified atom stereocenters. The van der Waals surface area contributed by atoms with E-state index >= 15 is 0 Å². The summed E-state index contributed by atoms with van der Waals surface area (Å²) in [6.45, 7) is 0.847. The molecule has 0 amide bonds. The summed E-state index contributed by atoms with van der Waals surface area (Å²) in [5.74, 6) is 0.315. The van der Waals surface area contributed by atoms with E-state index < -0.39 is 0 Å². The molecular weight excluding hydrogens is 255 g/mol. The molecule has 102 valence electrons. The van der Waals surface area contributed by atoms with Crippen LogP contribution < -0.4 is 10.1 Å². The highest BCUT2D eigenvalue weighted by atomic mass is 19.1. The van der Waals surface area contributed by atoms with E-state index in [4.69, 9.17) is 10.00 Å². The first-order chi connectivity index (χ1) is 9.72. The number of ether oxygens (including phenoxy) is 1. The highest BCUT2D eigenvalue weighted by Crippen LogP contribution is 2.17. The first-order valence-electron chi connectivity index (χ1n) is 6.28. The Balaban J connectivity index is 2.09. The molecule has 0 saturated heterocycles. The van der Waals surface area contributed by atoms with Crippen molar-refractivity contribution in [2.45, 2.75) is 13.2 Å². The molecule has 0 fully saturated rings. The van der Waals surface area contributed by atoms with Crippen LogP contribution in [0.3, 0.4) is 0 Å². The van der Waals surface area contributed by atoms with Crippen molar-refractivity contribution >= 4 is 0 Å². The second kappa shape index (κ2) is 6.69. The van der Waals surface area contributed by atoms with Gasteiger partial charge in [0.05, 0.1) is 11.6 Å². The second-order valence-corrected chi connectivity index (χ2v) is 4.38. The molecular formula is C16H15FN2O. The average Bonchev–Trinajstić information content (AvgIpc) is 2.47. The van der Waals surface area contributed by atoms with Crippen molar-refractivity contribution in [2.75, 3.05) is 7.05 Å². The van der Waals surface area contributed by atoms with E-state index in [2.05, 4.69) is 5.32 Å². The maximum Gasteiger partial charge on any atom is 0.129 e. The van der Waals surface area contributed by atoms with Gasteiger partial charge in [0.1, 0.15) is 18.2 Å². The summed E-state index contributed by atoms with van der Waals surface area (Å²) in [7, 11) is 1.87. The fraction of sp³-hybridized carbons (Fsp3) is 0.188. The summed E-state index contributed by atoms with van der Waals surface area (Å²) in [6.07, 6.45) is 0. The van der Waals surface area contributed by atoms with Gasteiger partial charge in [0, 0.05) is 12.1 Å². The molecule has 0 saturated carbocycles. The van der Waals surface area contributed by atoms with Crippen LogP contribution in [0.25, 0.3) is 0 Å². The molecule has 0 aromatic heterocycles. The molecule has 1 N–H and O–H groups in total. The highest BCUT2D eigenvalue weighted by Gasteiger charge is 2.05. The normalized spacial score (nSPS) is 10.1. The Morgan fingerprint density at radius 1 is 1.25 bits per heavy atom. The van der Waals surface area contributed by atoms with Crippen LogP contribution in [-0.2, 0) is 13.2 Å². The number of hydrogen-bond acceptors (Lipinski definition) is 3. The molecule has 0 aliphatic heterocycles.